The summed E-state index contributed by atoms with van der Waals surface area (Å²) >= 11 is 8.25. The van der Waals surface area contributed by atoms with Crippen molar-refractivity contribution in [3.63, 3.8) is 0 Å². The Hall–Kier alpha value is -1.10. The van der Waals surface area contributed by atoms with Gasteiger partial charge in [0.15, 0.2) is 0 Å². The largest absolute Gasteiger partial charge is 0.347 e. The molecule has 1 aliphatic heterocycles. The summed E-state index contributed by atoms with van der Waals surface area (Å²) in [5, 5.41) is 1.97. The first kappa shape index (κ1) is 14.8. The first-order chi connectivity index (χ1) is 10.1. The second-order valence-electron chi connectivity index (χ2n) is 5.70. The van der Waals surface area contributed by atoms with E-state index in [4.69, 9.17) is 11.6 Å². The Morgan fingerprint density at radius 3 is 2.90 bits per heavy atom. The summed E-state index contributed by atoms with van der Waals surface area (Å²) in [5.74, 6) is 0.199. The molecule has 1 aromatic carbocycles. The van der Waals surface area contributed by atoms with Crippen LogP contribution >= 0.6 is 22.9 Å². The van der Waals surface area contributed by atoms with Gasteiger partial charge in [0.05, 0.1) is 11.1 Å². The van der Waals surface area contributed by atoms with Gasteiger partial charge in [0.2, 0.25) is 5.91 Å². The minimum atomic E-state index is 0.00118. The number of hydrogen-bond acceptors (Lipinski definition) is 3. The van der Waals surface area contributed by atoms with E-state index in [0.717, 1.165) is 41.2 Å². The molecular weight excluding hydrogens is 304 g/mol. The van der Waals surface area contributed by atoms with Crippen LogP contribution in [0.1, 0.15) is 17.7 Å². The minimum Gasteiger partial charge on any atom is -0.347 e. The van der Waals surface area contributed by atoms with Crippen LogP contribution in [0.2, 0.25) is 5.02 Å². The van der Waals surface area contributed by atoms with Gasteiger partial charge >= 0.3 is 0 Å². The van der Waals surface area contributed by atoms with Gasteiger partial charge in [0, 0.05) is 35.6 Å². The number of carbonyl (C=O) groups excluding carboxylic acids is 1. The fourth-order valence-electron chi connectivity index (χ4n) is 2.94. The second kappa shape index (κ2) is 5.95. The molecule has 112 valence electrons. The predicted octanol–water partition coefficient (Wildman–Crippen LogP) is 3.61. The minimum absolute atomic E-state index is 0.00118. The molecule has 1 amide bonds. The maximum Gasteiger partial charge on any atom is 0.239 e. The number of nitrogens with zero attached hydrogens (tertiary/aromatic N) is 2. The summed E-state index contributed by atoms with van der Waals surface area (Å²) in [6, 6.07) is 8.21. The summed E-state index contributed by atoms with van der Waals surface area (Å²) in [5.41, 5.74) is 0. The van der Waals surface area contributed by atoms with Gasteiger partial charge in [-0.3, -0.25) is 9.69 Å². The molecule has 2 heterocycles. The lowest BCUT2D eigenvalue weighted by Gasteiger charge is -2.25. The zero-order chi connectivity index (χ0) is 15.0. The van der Waals surface area contributed by atoms with Crippen LogP contribution in [-0.2, 0) is 11.3 Å². The van der Waals surface area contributed by atoms with E-state index in [9.17, 15) is 4.79 Å². The Morgan fingerprint density at radius 2 is 2.19 bits per heavy atom. The Morgan fingerprint density at radius 1 is 1.43 bits per heavy atom. The van der Waals surface area contributed by atoms with Gasteiger partial charge in [-0.2, -0.15) is 0 Å². The molecular formula is C16H19ClN2OS. The van der Waals surface area contributed by atoms with Crippen LogP contribution in [0.25, 0.3) is 10.1 Å². The molecule has 3 rings (SSSR count). The molecule has 0 N–H and O–H groups in total. The van der Waals surface area contributed by atoms with Crippen molar-refractivity contribution in [1.29, 1.82) is 0 Å². The number of fused-ring (bicyclic) bond motifs is 1. The number of rotatable bonds is 3. The number of halogens is 1. The average molecular weight is 323 g/mol. The third kappa shape index (κ3) is 2.80. The number of carbonyl (C=O) groups is 1. The fraction of sp³-hybridized carbons (Fsp3) is 0.438. The Kier molecular flexibility index (Phi) is 4.20. The lowest BCUT2D eigenvalue weighted by molar-refractivity contribution is -0.133. The van der Waals surface area contributed by atoms with E-state index in [0.29, 0.717) is 0 Å². The lowest BCUT2D eigenvalue weighted by Crippen LogP contribution is -2.42. The third-order valence-electron chi connectivity index (χ3n) is 4.04. The van der Waals surface area contributed by atoms with E-state index in [1.54, 1.807) is 16.2 Å². The van der Waals surface area contributed by atoms with Crippen molar-refractivity contribution in [2.45, 2.75) is 25.4 Å². The fourth-order valence-corrected chi connectivity index (χ4v) is 4.46. The van der Waals surface area contributed by atoms with E-state index < -0.39 is 0 Å². The number of thiophene rings is 1. The van der Waals surface area contributed by atoms with Crippen molar-refractivity contribution in [3.05, 3.63) is 34.2 Å². The molecule has 1 aromatic heterocycles. The van der Waals surface area contributed by atoms with Gasteiger partial charge in [0.25, 0.3) is 0 Å². The van der Waals surface area contributed by atoms with E-state index in [-0.39, 0.29) is 11.9 Å². The smallest absolute Gasteiger partial charge is 0.239 e. The summed E-state index contributed by atoms with van der Waals surface area (Å²) < 4.78 is 1.21. The Labute approximate surface area is 134 Å². The Balaban J connectivity index is 1.84. The highest BCUT2D eigenvalue weighted by Gasteiger charge is 2.32. The topological polar surface area (TPSA) is 23.6 Å². The van der Waals surface area contributed by atoms with Crippen molar-refractivity contribution >= 4 is 38.9 Å². The van der Waals surface area contributed by atoms with Crippen LogP contribution in [-0.4, -0.2) is 42.4 Å². The molecule has 0 spiro atoms. The van der Waals surface area contributed by atoms with Crippen molar-refractivity contribution in [2.24, 2.45) is 0 Å². The number of likely N-dealkylation sites (N-methyl/N-ethyl adjacent to an activating group) is 1. The third-order valence-corrected chi connectivity index (χ3v) is 5.74. The molecule has 2 aromatic rings. The van der Waals surface area contributed by atoms with Crippen LogP contribution < -0.4 is 0 Å². The van der Waals surface area contributed by atoms with Crippen LogP contribution in [0.5, 0.6) is 0 Å². The zero-order valence-electron chi connectivity index (χ0n) is 12.3. The maximum atomic E-state index is 12.3. The highest BCUT2D eigenvalue weighted by atomic mass is 35.5. The maximum absolute atomic E-state index is 12.3. The summed E-state index contributed by atoms with van der Waals surface area (Å²) in [4.78, 5) is 17.4. The Bertz CT molecular complexity index is 667. The van der Waals surface area contributed by atoms with Gasteiger partial charge in [-0.15, -0.1) is 11.3 Å². The number of benzene rings is 1. The van der Waals surface area contributed by atoms with Crippen LogP contribution in [0.15, 0.2) is 24.3 Å². The molecule has 1 fully saturated rings. The predicted molar refractivity (Wildman–Crippen MR) is 89.0 cm³/mol. The number of amides is 1. The molecule has 0 saturated carbocycles. The lowest BCUT2D eigenvalue weighted by atomic mass is 10.2. The van der Waals surface area contributed by atoms with Gasteiger partial charge < -0.3 is 4.90 Å². The van der Waals surface area contributed by atoms with Gasteiger partial charge in [0.1, 0.15) is 0 Å². The standard InChI is InChI=1S/C16H19ClN2OS/c1-18(2)16(20)12-7-5-9-19(12)10-14-15(17)11-6-3-4-8-13(11)21-14/h3-4,6,8,12H,5,7,9-10H2,1-2H3. The SMILES string of the molecule is CN(C)C(=O)C1CCCN1Cc1sc2ccccc2c1Cl. The number of hydrogen-bond donors (Lipinski definition) is 0. The molecule has 0 bridgehead atoms. The highest BCUT2D eigenvalue weighted by Crippen LogP contribution is 2.37. The molecule has 1 unspecified atom stereocenters. The first-order valence-corrected chi connectivity index (χ1v) is 8.38. The average Bonchev–Trinajstić information content (AvgIpc) is 3.05. The van der Waals surface area contributed by atoms with Crippen LogP contribution in [0.3, 0.4) is 0 Å². The molecule has 3 nitrogen and oxygen atoms in total. The molecule has 0 aliphatic carbocycles. The first-order valence-electron chi connectivity index (χ1n) is 7.19. The van der Waals surface area contributed by atoms with Crippen molar-refractivity contribution in [3.8, 4) is 0 Å². The van der Waals surface area contributed by atoms with Crippen LogP contribution in [0.4, 0.5) is 0 Å². The molecule has 21 heavy (non-hydrogen) atoms. The van der Waals surface area contributed by atoms with E-state index in [1.807, 2.05) is 26.2 Å². The summed E-state index contributed by atoms with van der Waals surface area (Å²) in [6.07, 6.45) is 2.02. The molecule has 0 radical (unpaired) electrons. The monoisotopic (exact) mass is 322 g/mol. The van der Waals surface area contributed by atoms with Crippen LogP contribution in [0, 0.1) is 0 Å². The van der Waals surface area contributed by atoms with E-state index in [1.165, 1.54) is 4.70 Å². The summed E-state index contributed by atoms with van der Waals surface area (Å²) in [7, 11) is 3.65. The normalized spacial score (nSPS) is 19.3. The second-order valence-corrected chi connectivity index (χ2v) is 7.21. The van der Waals surface area contributed by atoms with Gasteiger partial charge in [-0.05, 0) is 25.5 Å². The van der Waals surface area contributed by atoms with E-state index >= 15 is 0 Å². The van der Waals surface area contributed by atoms with Gasteiger partial charge in [-0.1, -0.05) is 29.8 Å². The highest BCUT2D eigenvalue weighted by molar-refractivity contribution is 7.19. The van der Waals surface area contributed by atoms with Gasteiger partial charge in [-0.25, -0.2) is 0 Å². The molecule has 5 heteroatoms. The van der Waals surface area contributed by atoms with Crippen molar-refractivity contribution < 1.29 is 4.79 Å². The molecule has 1 aliphatic rings. The van der Waals surface area contributed by atoms with Crippen molar-refractivity contribution in [2.75, 3.05) is 20.6 Å². The van der Waals surface area contributed by atoms with Crippen molar-refractivity contribution in [1.82, 2.24) is 9.80 Å². The molecule has 1 atom stereocenters. The quantitative estimate of drug-likeness (QED) is 0.862. The van der Waals surface area contributed by atoms with E-state index in [2.05, 4.69) is 17.0 Å². The number of likely N-dealkylation sites (tertiary alicyclic amines) is 1. The molecule has 1 saturated heterocycles. The zero-order valence-corrected chi connectivity index (χ0v) is 13.9. The summed E-state index contributed by atoms with van der Waals surface area (Å²) in [6.45, 7) is 1.73.